The molecule has 28 heavy (non-hydrogen) atoms. The summed E-state index contributed by atoms with van der Waals surface area (Å²) >= 11 is 1.35. The van der Waals surface area contributed by atoms with E-state index in [1.165, 1.54) is 18.3 Å². The minimum absolute atomic E-state index is 0.0364. The normalized spacial score (nSPS) is 14.2. The summed E-state index contributed by atoms with van der Waals surface area (Å²) in [5.41, 5.74) is 2.06. The molecule has 0 spiro atoms. The van der Waals surface area contributed by atoms with Crippen LogP contribution in [0.25, 0.3) is 0 Å². The topological polar surface area (TPSA) is 84.5 Å². The van der Waals surface area contributed by atoms with Crippen molar-refractivity contribution in [1.82, 2.24) is 5.32 Å². The van der Waals surface area contributed by atoms with E-state index in [0.717, 1.165) is 28.8 Å². The Bertz CT molecular complexity index is 887. The molecule has 2 N–H and O–H groups in total. The van der Waals surface area contributed by atoms with Gasteiger partial charge < -0.3 is 15.4 Å². The van der Waals surface area contributed by atoms with E-state index in [-0.39, 0.29) is 17.7 Å². The number of carbonyl (C=O) groups excluding carboxylic acids is 3. The average molecular weight is 401 g/mol. The molecule has 2 aromatic rings. The first-order chi connectivity index (χ1) is 13.4. The Balaban J connectivity index is 1.63. The fourth-order valence-electron chi connectivity index (χ4n) is 2.72. The summed E-state index contributed by atoms with van der Waals surface area (Å²) in [7, 11) is 0. The highest BCUT2D eigenvalue weighted by atomic mass is 32.1. The second kappa shape index (κ2) is 8.56. The van der Waals surface area contributed by atoms with E-state index in [1.54, 1.807) is 0 Å². The molecular weight excluding hydrogens is 376 g/mol. The predicted octanol–water partition coefficient (Wildman–Crippen LogP) is 3.58. The van der Waals surface area contributed by atoms with Crippen LogP contribution in [0.3, 0.4) is 0 Å². The molecule has 1 aromatic heterocycles. The van der Waals surface area contributed by atoms with Crippen LogP contribution in [0.2, 0.25) is 0 Å². The third-order valence-corrected chi connectivity index (χ3v) is 5.86. The summed E-state index contributed by atoms with van der Waals surface area (Å²) in [6.07, 6.45) is 0.823. The van der Waals surface area contributed by atoms with Gasteiger partial charge in [0.1, 0.15) is 5.00 Å². The number of amides is 2. The molecule has 2 amide bonds. The van der Waals surface area contributed by atoms with Gasteiger partial charge in [0.2, 0.25) is 5.91 Å². The Morgan fingerprint density at radius 1 is 1.18 bits per heavy atom. The van der Waals surface area contributed by atoms with Crippen molar-refractivity contribution in [2.24, 2.45) is 5.92 Å². The molecule has 6 nitrogen and oxygen atoms in total. The maximum Gasteiger partial charge on any atom is 0.342 e. The zero-order chi connectivity index (χ0) is 20.3. The number of aryl methyl sites for hydroxylation is 1. The van der Waals surface area contributed by atoms with Gasteiger partial charge in [-0.1, -0.05) is 30.3 Å². The summed E-state index contributed by atoms with van der Waals surface area (Å²) in [4.78, 5) is 38.0. The molecule has 1 atom stereocenters. The zero-order valence-electron chi connectivity index (χ0n) is 16.2. The van der Waals surface area contributed by atoms with E-state index in [4.69, 9.17) is 4.74 Å². The Kier molecular flexibility index (Phi) is 6.14. The van der Waals surface area contributed by atoms with Crippen LogP contribution in [0.5, 0.6) is 0 Å². The first-order valence-electron chi connectivity index (χ1n) is 9.30. The summed E-state index contributed by atoms with van der Waals surface area (Å²) in [6, 6.07) is 9.50. The van der Waals surface area contributed by atoms with Gasteiger partial charge in [0, 0.05) is 17.3 Å². The third kappa shape index (κ3) is 4.78. The minimum atomic E-state index is -0.942. The molecular formula is C21H24N2O4S. The van der Waals surface area contributed by atoms with Crippen LogP contribution in [-0.2, 0) is 20.9 Å². The van der Waals surface area contributed by atoms with Gasteiger partial charge in [-0.05, 0) is 44.7 Å². The van der Waals surface area contributed by atoms with E-state index in [1.807, 2.05) is 44.2 Å². The first kappa shape index (κ1) is 20.1. The molecule has 3 rings (SSSR count). The average Bonchev–Trinajstić information content (AvgIpc) is 3.48. The van der Waals surface area contributed by atoms with Crippen molar-refractivity contribution in [2.45, 2.75) is 46.3 Å². The molecule has 0 unspecified atom stereocenters. The molecule has 1 heterocycles. The van der Waals surface area contributed by atoms with Crippen molar-refractivity contribution < 1.29 is 19.1 Å². The van der Waals surface area contributed by atoms with E-state index in [2.05, 4.69) is 10.6 Å². The lowest BCUT2D eigenvalue weighted by Gasteiger charge is -2.14. The number of hydrogen-bond donors (Lipinski definition) is 2. The molecule has 1 fully saturated rings. The van der Waals surface area contributed by atoms with E-state index < -0.39 is 12.1 Å². The highest BCUT2D eigenvalue weighted by Crippen LogP contribution is 2.36. The van der Waals surface area contributed by atoms with Gasteiger partial charge in [0.25, 0.3) is 5.91 Å². The van der Waals surface area contributed by atoms with Gasteiger partial charge in [-0.3, -0.25) is 9.59 Å². The van der Waals surface area contributed by atoms with Gasteiger partial charge in [-0.15, -0.1) is 11.3 Å². The van der Waals surface area contributed by atoms with Crippen LogP contribution in [0.1, 0.15) is 46.1 Å². The van der Waals surface area contributed by atoms with Gasteiger partial charge in [-0.2, -0.15) is 0 Å². The Labute approximate surface area is 168 Å². The molecule has 1 saturated carbocycles. The van der Waals surface area contributed by atoms with Gasteiger partial charge in [0.15, 0.2) is 6.10 Å². The van der Waals surface area contributed by atoms with Crippen molar-refractivity contribution in [3.05, 3.63) is 51.9 Å². The van der Waals surface area contributed by atoms with Crippen molar-refractivity contribution in [3.8, 4) is 0 Å². The Morgan fingerprint density at radius 3 is 2.50 bits per heavy atom. The fourth-order valence-corrected chi connectivity index (χ4v) is 3.77. The highest BCUT2D eigenvalue weighted by Gasteiger charge is 2.32. The number of rotatable bonds is 7. The molecule has 0 bridgehead atoms. The van der Waals surface area contributed by atoms with Gasteiger partial charge in [0.05, 0.1) is 5.56 Å². The Morgan fingerprint density at radius 2 is 1.86 bits per heavy atom. The van der Waals surface area contributed by atoms with E-state index >= 15 is 0 Å². The molecule has 0 saturated heterocycles. The van der Waals surface area contributed by atoms with E-state index in [0.29, 0.717) is 17.1 Å². The maximum atomic E-state index is 12.7. The number of hydrogen-bond acceptors (Lipinski definition) is 5. The van der Waals surface area contributed by atoms with Crippen molar-refractivity contribution in [1.29, 1.82) is 0 Å². The number of benzene rings is 1. The number of anilines is 1. The first-order valence-corrected chi connectivity index (χ1v) is 10.1. The second-order valence-corrected chi connectivity index (χ2v) is 8.23. The van der Waals surface area contributed by atoms with Gasteiger partial charge >= 0.3 is 5.97 Å². The number of nitrogens with one attached hydrogen (secondary N) is 2. The number of thiophene rings is 1. The summed E-state index contributed by atoms with van der Waals surface area (Å²) in [5.74, 6) is -1.00. The molecule has 7 heteroatoms. The summed E-state index contributed by atoms with van der Waals surface area (Å²) in [6.45, 7) is 5.60. The lowest BCUT2D eigenvalue weighted by Crippen LogP contribution is -2.35. The minimum Gasteiger partial charge on any atom is -0.449 e. The van der Waals surface area contributed by atoms with Crippen LogP contribution < -0.4 is 10.6 Å². The van der Waals surface area contributed by atoms with Crippen molar-refractivity contribution in [3.63, 3.8) is 0 Å². The number of esters is 1. The quantitative estimate of drug-likeness (QED) is 0.696. The largest absolute Gasteiger partial charge is 0.449 e. The molecule has 0 aliphatic heterocycles. The zero-order valence-corrected chi connectivity index (χ0v) is 17.0. The van der Waals surface area contributed by atoms with Crippen LogP contribution >= 0.6 is 11.3 Å². The smallest absolute Gasteiger partial charge is 0.342 e. The summed E-state index contributed by atoms with van der Waals surface area (Å²) < 4.78 is 5.38. The van der Waals surface area contributed by atoms with Crippen molar-refractivity contribution in [2.75, 3.05) is 5.32 Å². The van der Waals surface area contributed by atoms with Crippen molar-refractivity contribution >= 4 is 34.1 Å². The SMILES string of the molecule is Cc1sc(NC(=O)C2CC2)c(C(=O)O[C@H](C)C(=O)NCc2ccccc2)c1C. The van der Waals surface area contributed by atoms with Gasteiger partial charge in [-0.25, -0.2) is 4.79 Å². The highest BCUT2D eigenvalue weighted by molar-refractivity contribution is 7.16. The molecule has 0 radical (unpaired) electrons. The second-order valence-electron chi connectivity index (χ2n) is 7.00. The van der Waals surface area contributed by atoms with Crippen LogP contribution in [0.15, 0.2) is 30.3 Å². The van der Waals surface area contributed by atoms with E-state index in [9.17, 15) is 14.4 Å². The lowest BCUT2D eigenvalue weighted by atomic mass is 10.1. The molecule has 1 aromatic carbocycles. The lowest BCUT2D eigenvalue weighted by molar-refractivity contribution is -0.129. The number of ether oxygens (including phenoxy) is 1. The predicted molar refractivity (Wildman–Crippen MR) is 108 cm³/mol. The number of carbonyl (C=O) groups is 3. The fraction of sp³-hybridized carbons (Fsp3) is 0.381. The molecule has 1 aliphatic rings. The van der Waals surface area contributed by atoms with Crippen LogP contribution in [0.4, 0.5) is 5.00 Å². The molecule has 1 aliphatic carbocycles. The Hall–Kier alpha value is -2.67. The third-order valence-electron chi connectivity index (χ3n) is 4.74. The summed E-state index contributed by atoms with van der Waals surface area (Å²) in [5, 5.41) is 6.10. The molecule has 148 valence electrons. The van der Waals surface area contributed by atoms with Crippen LogP contribution in [0, 0.1) is 19.8 Å². The van der Waals surface area contributed by atoms with Crippen LogP contribution in [-0.4, -0.2) is 23.9 Å². The maximum absolute atomic E-state index is 12.7. The monoisotopic (exact) mass is 400 g/mol. The standard InChI is InChI=1S/C21H24N2O4S/c1-12-14(3)28-20(23-19(25)16-9-10-16)17(12)21(26)27-13(2)18(24)22-11-15-7-5-4-6-8-15/h4-8,13,16H,9-11H2,1-3H3,(H,22,24)(H,23,25)/t13-/m1/s1.